The first-order chi connectivity index (χ1) is 10.8. The standard InChI is InChI=1S/C17H23N3O2S/c1-13-11-18-10-9-17(13)14(2)19-12-15-5-7-16(8-6-15)23(21,22)20(3)4/h5-11,14,19H,12H2,1-4H3. The predicted octanol–water partition coefficient (Wildman–Crippen LogP) is 2.49. The minimum absolute atomic E-state index is 0.197. The zero-order chi connectivity index (χ0) is 17.0. The molecule has 0 aliphatic heterocycles. The second-order valence-electron chi connectivity index (χ2n) is 5.77. The highest BCUT2D eigenvalue weighted by Crippen LogP contribution is 2.17. The largest absolute Gasteiger partial charge is 0.306 e. The summed E-state index contributed by atoms with van der Waals surface area (Å²) in [5.41, 5.74) is 3.41. The molecule has 0 radical (unpaired) electrons. The average Bonchev–Trinajstić information content (AvgIpc) is 2.53. The van der Waals surface area contributed by atoms with Gasteiger partial charge in [0, 0.05) is 39.1 Å². The molecule has 23 heavy (non-hydrogen) atoms. The van der Waals surface area contributed by atoms with Crippen LogP contribution in [0, 0.1) is 6.92 Å². The van der Waals surface area contributed by atoms with Crippen molar-refractivity contribution in [2.24, 2.45) is 0 Å². The van der Waals surface area contributed by atoms with E-state index in [-0.39, 0.29) is 6.04 Å². The summed E-state index contributed by atoms with van der Waals surface area (Å²) >= 11 is 0. The van der Waals surface area contributed by atoms with Crippen LogP contribution in [0.3, 0.4) is 0 Å². The first-order valence-electron chi connectivity index (χ1n) is 7.47. The van der Waals surface area contributed by atoms with Crippen molar-refractivity contribution in [3.05, 3.63) is 59.4 Å². The number of aryl methyl sites for hydroxylation is 1. The monoisotopic (exact) mass is 333 g/mol. The molecule has 0 spiro atoms. The van der Waals surface area contributed by atoms with Crippen molar-refractivity contribution in [3.8, 4) is 0 Å². The SMILES string of the molecule is Cc1cnccc1C(C)NCc1ccc(S(=O)(=O)N(C)C)cc1. The molecule has 0 fully saturated rings. The second kappa shape index (κ2) is 7.21. The van der Waals surface area contributed by atoms with Gasteiger partial charge in [-0.15, -0.1) is 0 Å². The van der Waals surface area contributed by atoms with E-state index in [0.29, 0.717) is 11.4 Å². The van der Waals surface area contributed by atoms with Gasteiger partial charge in [-0.2, -0.15) is 0 Å². The maximum atomic E-state index is 12.0. The van der Waals surface area contributed by atoms with Crippen molar-refractivity contribution in [2.45, 2.75) is 31.3 Å². The normalized spacial score (nSPS) is 13.3. The summed E-state index contributed by atoms with van der Waals surface area (Å²) in [6.45, 7) is 4.82. The summed E-state index contributed by atoms with van der Waals surface area (Å²) in [6, 6.07) is 9.19. The Kier molecular flexibility index (Phi) is 5.51. The Bertz CT molecular complexity index is 756. The molecule has 0 saturated carbocycles. The van der Waals surface area contributed by atoms with Gasteiger partial charge in [-0.3, -0.25) is 4.98 Å². The fourth-order valence-electron chi connectivity index (χ4n) is 2.34. The van der Waals surface area contributed by atoms with E-state index < -0.39 is 10.0 Å². The number of sulfonamides is 1. The number of aromatic nitrogens is 1. The van der Waals surface area contributed by atoms with Crippen molar-refractivity contribution in [2.75, 3.05) is 14.1 Å². The first kappa shape index (κ1) is 17.6. The molecule has 0 saturated heterocycles. The molecule has 6 heteroatoms. The fraction of sp³-hybridized carbons (Fsp3) is 0.353. The van der Waals surface area contributed by atoms with Crippen molar-refractivity contribution >= 4 is 10.0 Å². The van der Waals surface area contributed by atoms with Crippen LogP contribution in [0.5, 0.6) is 0 Å². The minimum atomic E-state index is -3.37. The molecular formula is C17H23N3O2S. The number of benzene rings is 1. The highest BCUT2D eigenvalue weighted by atomic mass is 32.2. The van der Waals surface area contributed by atoms with Gasteiger partial charge in [0.1, 0.15) is 0 Å². The predicted molar refractivity (Wildman–Crippen MR) is 91.5 cm³/mol. The molecule has 2 aromatic rings. The van der Waals surface area contributed by atoms with Gasteiger partial charge in [0.05, 0.1) is 4.90 Å². The molecule has 0 bridgehead atoms. The fourth-order valence-corrected chi connectivity index (χ4v) is 3.24. The van der Waals surface area contributed by atoms with E-state index >= 15 is 0 Å². The third-order valence-corrected chi connectivity index (χ3v) is 5.67. The van der Waals surface area contributed by atoms with Gasteiger partial charge in [0.25, 0.3) is 0 Å². The lowest BCUT2D eigenvalue weighted by atomic mass is 10.0. The molecule has 0 aliphatic rings. The number of nitrogens with one attached hydrogen (secondary N) is 1. The maximum Gasteiger partial charge on any atom is 0.242 e. The van der Waals surface area contributed by atoms with Crippen LogP contribution in [0.25, 0.3) is 0 Å². The number of rotatable bonds is 6. The van der Waals surface area contributed by atoms with E-state index in [0.717, 1.165) is 11.1 Å². The Labute approximate surface area is 138 Å². The summed E-state index contributed by atoms with van der Waals surface area (Å²) in [5.74, 6) is 0. The molecule has 0 aliphatic carbocycles. The summed E-state index contributed by atoms with van der Waals surface area (Å²) in [7, 11) is -0.305. The van der Waals surface area contributed by atoms with Crippen molar-refractivity contribution in [3.63, 3.8) is 0 Å². The van der Waals surface area contributed by atoms with Crippen LogP contribution >= 0.6 is 0 Å². The van der Waals surface area contributed by atoms with Gasteiger partial charge in [-0.05, 0) is 48.7 Å². The topological polar surface area (TPSA) is 62.3 Å². The number of hydrogen-bond donors (Lipinski definition) is 1. The smallest absolute Gasteiger partial charge is 0.242 e. The second-order valence-corrected chi connectivity index (χ2v) is 7.92. The third kappa shape index (κ3) is 4.16. The number of hydrogen-bond acceptors (Lipinski definition) is 4. The molecule has 1 heterocycles. The molecule has 1 aromatic carbocycles. The zero-order valence-corrected chi connectivity index (χ0v) is 14.8. The van der Waals surface area contributed by atoms with Gasteiger partial charge < -0.3 is 5.32 Å². The maximum absolute atomic E-state index is 12.0. The Morgan fingerprint density at radius 3 is 2.39 bits per heavy atom. The molecule has 1 atom stereocenters. The van der Waals surface area contributed by atoms with Gasteiger partial charge in [-0.1, -0.05) is 12.1 Å². The summed E-state index contributed by atoms with van der Waals surface area (Å²) in [4.78, 5) is 4.41. The van der Waals surface area contributed by atoms with Crippen molar-refractivity contribution < 1.29 is 8.42 Å². The van der Waals surface area contributed by atoms with E-state index in [2.05, 4.69) is 17.2 Å². The Hall–Kier alpha value is -1.76. The molecule has 5 nitrogen and oxygen atoms in total. The molecule has 124 valence electrons. The molecule has 2 rings (SSSR count). The summed E-state index contributed by atoms with van der Waals surface area (Å²) in [6.07, 6.45) is 3.65. The highest BCUT2D eigenvalue weighted by Gasteiger charge is 2.16. The Morgan fingerprint density at radius 1 is 1.17 bits per heavy atom. The third-order valence-electron chi connectivity index (χ3n) is 3.84. The van der Waals surface area contributed by atoms with Crippen LogP contribution in [0.4, 0.5) is 0 Å². The molecule has 1 unspecified atom stereocenters. The Balaban J connectivity index is 2.04. The average molecular weight is 333 g/mol. The molecule has 0 amide bonds. The lowest BCUT2D eigenvalue weighted by Gasteiger charge is -2.16. The molecule has 1 aromatic heterocycles. The lowest BCUT2D eigenvalue weighted by Crippen LogP contribution is -2.22. The molecule has 1 N–H and O–H groups in total. The quantitative estimate of drug-likeness (QED) is 0.882. The lowest BCUT2D eigenvalue weighted by molar-refractivity contribution is 0.520. The Morgan fingerprint density at radius 2 is 1.83 bits per heavy atom. The van der Waals surface area contributed by atoms with Crippen LogP contribution in [0.15, 0.2) is 47.6 Å². The van der Waals surface area contributed by atoms with E-state index in [1.165, 1.54) is 24.0 Å². The van der Waals surface area contributed by atoms with Gasteiger partial charge >= 0.3 is 0 Å². The number of pyridine rings is 1. The minimum Gasteiger partial charge on any atom is -0.306 e. The molecular weight excluding hydrogens is 310 g/mol. The highest BCUT2D eigenvalue weighted by molar-refractivity contribution is 7.89. The van der Waals surface area contributed by atoms with E-state index in [1.54, 1.807) is 18.3 Å². The van der Waals surface area contributed by atoms with Crippen LogP contribution in [-0.4, -0.2) is 31.8 Å². The van der Waals surface area contributed by atoms with Crippen LogP contribution in [0.1, 0.15) is 29.7 Å². The van der Waals surface area contributed by atoms with Crippen molar-refractivity contribution in [1.29, 1.82) is 0 Å². The first-order valence-corrected chi connectivity index (χ1v) is 8.91. The van der Waals surface area contributed by atoms with Crippen molar-refractivity contribution in [1.82, 2.24) is 14.6 Å². The van der Waals surface area contributed by atoms with Crippen LogP contribution in [0.2, 0.25) is 0 Å². The zero-order valence-electron chi connectivity index (χ0n) is 13.9. The van der Waals surface area contributed by atoms with Gasteiger partial charge in [-0.25, -0.2) is 12.7 Å². The van der Waals surface area contributed by atoms with E-state index in [9.17, 15) is 8.42 Å². The van der Waals surface area contributed by atoms with Gasteiger partial charge in [0.15, 0.2) is 0 Å². The van der Waals surface area contributed by atoms with Crippen LogP contribution < -0.4 is 5.32 Å². The van der Waals surface area contributed by atoms with Crippen LogP contribution in [-0.2, 0) is 16.6 Å². The van der Waals surface area contributed by atoms with E-state index in [4.69, 9.17) is 0 Å². The van der Waals surface area contributed by atoms with Gasteiger partial charge in [0.2, 0.25) is 10.0 Å². The summed E-state index contributed by atoms with van der Waals surface area (Å²) < 4.78 is 25.3. The van der Waals surface area contributed by atoms with E-state index in [1.807, 2.05) is 31.3 Å². The number of nitrogens with zero attached hydrogens (tertiary/aromatic N) is 2. The summed E-state index contributed by atoms with van der Waals surface area (Å²) in [5, 5.41) is 3.45.